The van der Waals surface area contributed by atoms with Crippen molar-refractivity contribution < 1.29 is 13.9 Å². The van der Waals surface area contributed by atoms with Gasteiger partial charge in [-0.15, -0.1) is 0 Å². The molecule has 1 aromatic rings. The summed E-state index contributed by atoms with van der Waals surface area (Å²) in [5.41, 5.74) is 2.38. The van der Waals surface area contributed by atoms with Gasteiger partial charge in [-0.1, -0.05) is 6.07 Å². The van der Waals surface area contributed by atoms with Crippen molar-refractivity contribution in [1.82, 2.24) is 9.80 Å². The predicted octanol–water partition coefficient (Wildman–Crippen LogP) is 2.59. The summed E-state index contributed by atoms with van der Waals surface area (Å²) in [6.07, 6.45) is 1.83. The van der Waals surface area contributed by atoms with E-state index in [1.54, 1.807) is 17.0 Å². The van der Waals surface area contributed by atoms with Crippen LogP contribution in [0.15, 0.2) is 18.2 Å². The van der Waals surface area contributed by atoms with Gasteiger partial charge in [-0.05, 0) is 43.0 Å². The van der Waals surface area contributed by atoms with Gasteiger partial charge < -0.3 is 9.64 Å². The zero-order valence-electron chi connectivity index (χ0n) is 12.3. The zero-order valence-corrected chi connectivity index (χ0v) is 12.3. The van der Waals surface area contributed by atoms with E-state index in [0.717, 1.165) is 31.5 Å². The average molecular weight is 292 g/mol. The third-order valence-electron chi connectivity index (χ3n) is 4.44. The number of nitrogens with zero attached hydrogens (tertiary/aromatic N) is 2. The number of carbonyl (C=O) groups excluding carboxylic acids is 1. The average Bonchev–Trinajstić information content (AvgIpc) is 2.90. The van der Waals surface area contributed by atoms with Gasteiger partial charge in [-0.3, -0.25) is 4.90 Å². The first-order chi connectivity index (χ1) is 10.2. The van der Waals surface area contributed by atoms with Gasteiger partial charge in [0.05, 0.1) is 6.61 Å². The lowest BCUT2D eigenvalue weighted by Crippen LogP contribution is -2.49. The molecule has 1 aliphatic carbocycles. The standard InChI is InChI=1S/C16H21FN2O2/c1-2-21-16(20)19-9-7-18(8-10-19)15-6-4-12-3-5-13(17)11-14(12)15/h3,5,11,15H,2,4,6-10H2,1H3/t15-/m1/s1. The highest BCUT2D eigenvalue weighted by Crippen LogP contribution is 2.36. The van der Waals surface area contributed by atoms with Gasteiger partial charge >= 0.3 is 6.09 Å². The quantitative estimate of drug-likeness (QED) is 0.840. The lowest BCUT2D eigenvalue weighted by Gasteiger charge is -2.37. The molecule has 1 amide bonds. The number of piperazine rings is 1. The molecule has 0 unspecified atom stereocenters. The van der Waals surface area contributed by atoms with E-state index in [4.69, 9.17) is 4.74 Å². The molecule has 1 fully saturated rings. The first-order valence-corrected chi connectivity index (χ1v) is 7.63. The van der Waals surface area contributed by atoms with Gasteiger partial charge in [0.15, 0.2) is 0 Å². The highest BCUT2D eigenvalue weighted by molar-refractivity contribution is 5.67. The second-order valence-corrected chi connectivity index (χ2v) is 5.62. The van der Waals surface area contributed by atoms with E-state index in [0.29, 0.717) is 25.7 Å². The number of carbonyl (C=O) groups is 1. The Morgan fingerprint density at radius 3 is 2.81 bits per heavy atom. The molecule has 1 aliphatic heterocycles. The number of hydrogen-bond acceptors (Lipinski definition) is 3. The number of hydrogen-bond donors (Lipinski definition) is 0. The largest absolute Gasteiger partial charge is 0.450 e. The molecule has 0 saturated carbocycles. The molecule has 0 bridgehead atoms. The van der Waals surface area contributed by atoms with Crippen LogP contribution in [-0.4, -0.2) is 48.7 Å². The summed E-state index contributed by atoms with van der Waals surface area (Å²) >= 11 is 0. The van der Waals surface area contributed by atoms with Crippen molar-refractivity contribution in [2.24, 2.45) is 0 Å². The van der Waals surface area contributed by atoms with Crippen molar-refractivity contribution in [2.45, 2.75) is 25.8 Å². The number of fused-ring (bicyclic) bond motifs is 1. The molecule has 5 heteroatoms. The minimum absolute atomic E-state index is 0.161. The zero-order chi connectivity index (χ0) is 14.8. The monoisotopic (exact) mass is 292 g/mol. The number of rotatable bonds is 2. The van der Waals surface area contributed by atoms with E-state index in [2.05, 4.69) is 4.90 Å². The van der Waals surface area contributed by atoms with Gasteiger partial charge in [0.2, 0.25) is 0 Å². The van der Waals surface area contributed by atoms with Crippen LogP contribution in [0.3, 0.4) is 0 Å². The summed E-state index contributed by atoms with van der Waals surface area (Å²) in [6, 6.07) is 5.41. The molecular formula is C16H21FN2O2. The predicted molar refractivity (Wildman–Crippen MR) is 77.6 cm³/mol. The molecule has 1 heterocycles. The Balaban J connectivity index is 1.64. The molecule has 4 nitrogen and oxygen atoms in total. The molecule has 0 N–H and O–H groups in total. The maximum Gasteiger partial charge on any atom is 0.409 e. The lowest BCUT2D eigenvalue weighted by molar-refractivity contribution is 0.0659. The third kappa shape index (κ3) is 2.88. The number of benzene rings is 1. The Morgan fingerprint density at radius 2 is 2.10 bits per heavy atom. The van der Waals surface area contributed by atoms with Crippen LogP contribution in [0.4, 0.5) is 9.18 Å². The fourth-order valence-corrected chi connectivity index (χ4v) is 3.36. The summed E-state index contributed by atoms with van der Waals surface area (Å²) in [4.78, 5) is 15.8. The highest BCUT2D eigenvalue weighted by atomic mass is 19.1. The molecule has 1 aromatic carbocycles. The smallest absolute Gasteiger partial charge is 0.409 e. The van der Waals surface area contributed by atoms with Gasteiger partial charge in [-0.2, -0.15) is 0 Å². The molecule has 0 spiro atoms. The molecule has 0 aromatic heterocycles. The van der Waals surface area contributed by atoms with Gasteiger partial charge in [-0.25, -0.2) is 9.18 Å². The van der Waals surface area contributed by atoms with E-state index < -0.39 is 0 Å². The normalized spacial score (nSPS) is 22.2. The second-order valence-electron chi connectivity index (χ2n) is 5.62. The van der Waals surface area contributed by atoms with Crippen molar-refractivity contribution >= 4 is 6.09 Å². The lowest BCUT2D eigenvalue weighted by atomic mass is 10.1. The summed E-state index contributed by atoms with van der Waals surface area (Å²) in [5, 5.41) is 0. The molecule has 3 rings (SSSR count). The van der Waals surface area contributed by atoms with Crippen LogP contribution in [0.2, 0.25) is 0 Å². The van der Waals surface area contributed by atoms with Crippen LogP contribution >= 0.6 is 0 Å². The Hall–Kier alpha value is -1.62. The van der Waals surface area contributed by atoms with E-state index in [1.807, 2.05) is 13.0 Å². The van der Waals surface area contributed by atoms with Crippen LogP contribution in [-0.2, 0) is 11.2 Å². The van der Waals surface area contributed by atoms with E-state index in [-0.39, 0.29) is 11.9 Å². The van der Waals surface area contributed by atoms with Crippen molar-refractivity contribution in [3.63, 3.8) is 0 Å². The van der Waals surface area contributed by atoms with Gasteiger partial charge in [0, 0.05) is 32.2 Å². The summed E-state index contributed by atoms with van der Waals surface area (Å²) < 4.78 is 18.5. The summed E-state index contributed by atoms with van der Waals surface area (Å²) in [7, 11) is 0. The summed E-state index contributed by atoms with van der Waals surface area (Å²) in [6.45, 7) is 5.23. The minimum atomic E-state index is -0.227. The molecule has 1 saturated heterocycles. The summed E-state index contributed by atoms with van der Waals surface area (Å²) in [5.74, 6) is -0.161. The topological polar surface area (TPSA) is 32.8 Å². The third-order valence-corrected chi connectivity index (χ3v) is 4.44. The van der Waals surface area contributed by atoms with Gasteiger partial charge in [0.25, 0.3) is 0 Å². The molecule has 21 heavy (non-hydrogen) atoms. The maximum atomic E-state index is 13.5. The van der Waals surface area contributed by atoms with Crippen molar-refractivity contribution in [3.05, 3.63) is 35.1 Å². The SMILES string of the molecule is CCOC(=O)N1CCN([C@@H]2CCc3ccc(F)cc32)CC1. The Labute approximate surface area is 124 Å². The number of halogens is 1. The van der Waals surface area contributed by atoms with Crippen molar-refractivity contribution in [3.8, 4) is 0 Å². The van der Waals surface area contributed by atoms with E-state index >= 15 is 0 Å². The molecular weight excluding hydrogens is 271 g/mol. The Kier molecular flexibility index (Phi) is 4.10. The van der Waals surface area contributed by atoms with E-state index in [9.17, 15) is 9.18 Å². The van der Waals surface area contributed by atoms with E-state index in [1.165, 1.54) is 5.56 Å². The first-order valence-electron chi connectivity index (χ1n) is 7.63. The Morgan fingerprint density at radius 1 is 1.33 bits per heavy atom. The van der Waals surface area contributed by atoms with Gasteiger partial charge in [0.1, 0.15) is 5.82 Å². The van der Waals surface area contributed by atoms with Crippen LogP contribution in [0.1, 0.15) is 30.5 Å². The number of ether oxygens (including phenoxy) is 1. The Bertz CT molecular complexity index is 527. The molecule has 114 valence electrons. The van der Waals surface area contributed by atoms with Crippen molar-refractivity contribution in [2.75, 3.05) is 32.8 Å². The van der Waals surface area contributed by atoms with Crippen LogP contribution in [0.5, 0.6) is 0 Å². The van der Waals surface area contributed by atoms with Crippen molar-refractivity contribution in [1.29, 1.82) is 0 Å². The number of amides is 1. The maximum absolute atomic E-state index is 13.5. The molecule has 2 aliphatic rings. The molecule has 1 atom stereocenters. The fourth-order valence-electron chi connectivity index (χ4n) is 3.36. The van der Waals surface area contributed by atoms with Crippen LogP contribution < -0.4 is 0 Å². The fraction of sp³-hybridized carbons (Fsp3) is 0.562. The van der Waals surface area contributed by atoms with Crippen LogP contribution in [0, 0.1) is 5.82 Å². The van der Waals surface area contributed by atoms with Crippen LogP contribution in [0.25, 0.3) is 0 Å². The highest BCUT2D eigenvalue weighted by Gasteiger charge is 2.31. The second kappa shape index (κ2) is 6.02. The first kappa shape index (κ1) is 14.3. The number of aryl methyl sites for hydroxylation is 1. The molecule has 0 radical (unpaired) electrons. The minimum Gasteiger partial charge on any atom is -0.450 e.